The van der Waals surface area contributed by atoms with Gasteiger partial charge in [-0.05, 0) is 45.6 Å². The summed E-state index contributed by atoms with van der Waals surface area (Å²) in [7, 11) is 1.92. The fourth-order valence-electron chi connectivity index (χ4n) is 4.34. The van der Waals surface area contributed by atoms with Crippen molar-refractivity contribution in [2.24, 2.45) is 7.05 Å². The number of aromatic nitrogens is 3. The highest BCUT2D eigenvalue weighted by atomic mass is 16.2. The summed E-state index contributed by atoms with van der Waals surface area (Å²) < 4.78 is 1.82. The van der Waals surface area contributed by atoms with Crippen LogP contribution in [0, 0.1) is 6.92 Å². The number of nitrogens with zero attached hydrogens (tertiary/aromatic N) is 4. The fraction of sp³-hybridized carbons (Fsp3) is 0.650. The first-order chi connectivity index (χ1) is 12.1. The molecule has 25 heavy (non-hydrogen) atoms. The largest absolute Gasteiger partial charge is 0.336 e. The van der Waals surface area contributed by atoms with Crippen molar-refractivity contribution in [2.75, 3.05) is 6.54 Å². The van der Waals surface area contributed by atoms with Crippen LogP contribution >= 0.6 is 0 Å². The Morgan fingerprint density at radius 1 is 1.24 bits per heavy atom. The van der Waals surface area contributed by atoms with Crippen molar-refractivity contribution in [3.8, 4) is 0 Å². The minimum Gasteiger partial charge on any atom is -0.336 e. The Bertz CT molecular complexity index is 800. The number of hydrogen-bond acceptors (Lipinski definition) is 3. The van der Waals surface area contributed by atoms with Gasteiger partial charge in [-0.15, -0.1) is 0 Å². The molecule has 0 N–H and O–H groups in total. The van der Waals surface area contributed by atoms with Crippen LogP contribution in [-0.4, -0.2) is 38.2 Å². The second-order valence-electron chi connectivity index (χ2n) is 7.66. The first-order valence-corrected chi connectivity index (χ1v) is 9.75. The number of carbonyl (C=O) groups excluding carboxylic acids is 1. The molecule has 0 radical (unpaired) electrons. The Labute approximate surface area is 149 Å². The van der Waals surface area contributed by atoms with E-state index in [1.165, 1.54) is 32.1 Å². The van der Waals surface area contributed by atoms with Crippen molar-refractivity contribution in [1.82, 2.24) is 19.7 Å². The zero-order valence-corrected chi connectivity index (χ0v) is 15.6. The van der Waals surface area contributed by atoms with Crippen LogP contribution in [0.3, 0.4) is 0 Å². The fourth-order valence-corrected chi connectivity index (χ4v) is 4.34. The Kier molecular flexibility index (Phi) is 4.26. The SMILES string of the molecule is CCN(C(=O)c1cc(C2CC2)nc2c1c(C)nn2C)C1CCCCC1. The van der Waals surface area contributed by atoms with Gasteiger partial charge in [0.15, 0.2) is 5.65 Å². The molecule has 2 aromatic heterocycles. The maximum absolute atomic E-state index is 13.5. The number of rotatable bonds is 4. The minimum atomic E-state index is 0.166. The summed E-state index contributed by atoms with van der Waals surface area (Å²) in [4.78, 5) is 20.4. The van der Waals surface area contributed by atoms with Crippen molar-refractivity contribution in [3.05, 3.63) is 23.0 Å². The van der Waals surface area contributed by atoms with Crippen LogP contribution in [0.25, 0.3) is 11.0 Å². The first-order valence-electron chi connectivity index (χ1n) is 9.75. The molecule has 134 valence electrons. The average Bonchev–Trinajstić information content (AvgIpc) is 3.43. The Morgan fingerprint density at radius 3 is 2.60 bits per heavy atom. The second-order valence-corrected chi connectivity index (χ2v) is 7.66. The molecule has 0 saturated heterocycles. The van der Waals surface area contributed by atoms with Gasteiger partial charge in [-0.1, -0.05) is 19.3 Å². The van der Waals surface area contributed by atoms with E-state index in [1.54, 1.807) is 0 Å². The summed E-state index contributed by atoms with van der Waals surface area (Å²) in [5.74, 6) is 0.690. The number of hydrogen-bond donors (Lipinski definition) is 0. The normalized spacial score (nSPS) is 18.7. The summed E-state index contributed by atoms with van der Waals surface area (Å²) in [6.45, 7) is 4.85. The molecule has 2 saturated carbocycles. The van der Waals surface area contributed by atoms with Crippen LogP contribution in [-0.2, 0) is 7.05 Å². The maximum Gasteiger partial charge on any atom is 0.254 e. The smallest absolute Gasteiger partial charge is 0.254 e. The number of amides is 1. The topological polar surface area (TPSA) is 51.0 Å². The van der Waals surface area contributed by atoms with Gasteiger partial charge in [0, 0.05) is 31.2 Å². The van der Waals surface area contributed by atoms with E-state index in [0.29, 0.717) is 12.0 Å². The van der Waals surface area contributed by atoms with E-state index in [2.05, 4.69) is 23.0 Å². The molecule has 2 heterocycles. The Morgan fingerprint density at radius 2 is 1.96 bits per heavy atom. The maximum atomic E-state index is 13.5. The van der Waals surface area contributed by atoms with Crippen LogP contribution in [0.15, 0.2) is 6.07 Å². The van der Waals surface area contributed by atoms with Crippen LogP contribution in [0.5, 0.6) is 0 Å². The van der Waals surface area contributed by atoms with Crippen LogP contribution in [0.1, 0.15) is 79.5 Å². The molecule has 2 aliphatic carbocycles. The van der Waals surface area contributed by atoms with E-state index in [9.17, 15) is 4.79 Å². The number of aryl methyl sites for hydroxylation is 2. The standard InChI is InChI=1S/C20H28N4O/c1-4-24(15-8-6-5-7-9-15)20(25)16-12-17(14-10-11-14)21-19-18(16)13(2)22-23(19)3/h12,14-15H,4-11H2,1-3H3. The van der Waals surface area contributed by atoms with E-state index in [4.69, 9.17) is 4.98 Å². The molecule has 0 aliphatic heterocycles. The summed E-state index contributed by atoms with van der Waals surface area (Å²) in [6.07, 6.45) is 8.41. The van der Waals surface area contributed by atoms with Crippen molar-refractivity contribution >= 4 is 16.9 Å². The molecule has 1 amide bonds. The molecule has 2 fully saturated rings. The molecular formula is C20H28N4O. The number of carbonyl (C=O) groups is 1. The Hall–Kier alpha value is -1.91. The van der Waals surface area contributed by atoms with Crippen LogP contribution in [0.2, 0.25) is 0 Å². The molecule has 2 aromatic rings. The highest BCUT2D eigenvalue weighted by Crippen LogP contribution is 2.40. The van der Waals surface area contributed by atoms with Gasteiger partial charge >= 0.3 is 0 Å². The predicted octanol–water partition coefficient (Wildman–Crippen LogP) is 3.95. The van der Waals surface area contributed by atoms with Gasteiger partial charge in [0.05, 0.1) is 16.6 Å². The molecule has 4 rings (SSSR count). The Balaban J connectivity index is 1.79. The van der Waals surface area contributed by atoms with Crippen LogP contribution < -0.4 is 0 Å². The molecule has 2 aliphatic rings. The molecule has 0 atom stereocenters. The van der Waals surface area contributed by atoms with Crippen molar-refractivity contribution < 1.29 is 4.79 Å². The molecule has 0 unspecified atom stereocenters. The lowest BCUT2D eigenvalue weighted by Crippen LogP contribution is -2.41. The van der Waals surface area contributed by atoms with Gasteiger partial charge in [0.2, 0.25) is 0 Å². The summed E-state index contributed by atoms with van der Waals surface area (Å²) >= 11 is 0. The highest BCUT2D eigenvalue weighted by molar-refractivity contribution is 6.06. The zero-order chi connectivity index (χ0) is 17.6. The highest BCUT2D eigenvalue weighted by Gasteiger charge is 2.31. The van der Waals surface area contributed by atoms with Crippen molar-refractivity contribution in [3.63, 3.8) is 0 Å². The number of pyridine rings is 1. The third kappa shape index (κ3) is 2.94. The van der Waals surface area contributed by atoms with E-state index >= 15 is 0 Å². The summed E-state index contributed by atoms with van der Waals surface area (Å²) in [5.41, 5.74) is 3.63. The van der Waals surface area contributed by atoms with Crippen LogP contribution in [0.4, 0.5) is 0 Å². The van der Waals surface area contributed by atoms with E-state index in [1.807, 2.05) is 18.7 Å². The molecule has 0 aromatic carbocycles. The molecule has 5 nitrogen and oxygen atoms in total. The zero-order valence-electron chi connectivity index (χ0n) is 15.6. The molecule has 5 heteroatoms. The second kappa shape index (κ2) is 6.43. The third-order valence-electron chi connectivity index (χ3n) is 5.83. The van der Waals surface area contributed by atoms with E-state index in [0.717, 1.165) is 47.4 Å². The lowest BCUT2D eigenvalue weighted by Gasteiger charge is -2.34. The van der Waals surface area contributed by atoms with Gasteiger partial charge in [-0.25, -0.2) is 4.98 Å². The third-order valence-corrected chi connectivity index (χ3v) is 5.83. The van der Waals surface area contributed by atoms with Gasteiger partial charge < -0.3 is 4.90 Å². The van der Waals surface area contributed by atoms with Gasteiger partial charge in [-0.2, -0.15) is 5.10 Å². The van der Waals surface area contributed by atoms with E-state index in [-0.39, 0.29) is 5.91 Å². The average molecular weight is 340 g/mol. The van der Waals surface area contributed by atoms with Crippen molar-refractivity contribution in [2.45, 2.75) is 70.8 Å². The molecular weight excluding hydrogens is 312 g/mol. The molecule has 0 spiro atoms. The van der Waals surface area contributed by atoms with Gasteiger partial charge in [-0.3, -0.25) is 9.48 Å². The summed E-state index contributed by atoms with van der Waals surface area (Å²) in [5, 5.41) is 5.47. The monoisotopic (exact) mass is 340 g/mol. The summed E-state index contributed by atoms with van der Waals surface area (Å²) in [6, 6.07) is 2.44. The van der Waals surface area contributed by atoms with Gasteiger partial charge in [0.1, 0.15) is 0 Å². The predicted molar refractivity (Wildman–Crippen MR) is 98.8 cm³/mol. The van der Waals surface area contributed by atoms with E-state index < -0.39 is 0 Å². The molecule has 0 bridgehead atoms. The lowest BCUT2D eigenvalue weighted by atomic mass is 9.93. The lowest BCUT2D eigenvalue weighted by molar-refractivity contribution is 0.0649. The quantitative estimate of drug-likeness (QED) is 0.847. The van der Waals surface area contributed by atoms with Crippen molar-refractivity contribution in [1.29, 1.82) is 0 Å². The first kappa shape index (κ1) is 16.6. The number of fused-ring (bicyclic) bond motifs is 1. The minimum absolute atomic E-state index is 0.166. The van der Waals surface area contributed by atoms with Gasteiger partial charge in [0.25, 0.3) is 5.91 Å².